The van der Waals surface area contributed by atoms with Crippen molar-refractivity contribution in [1.82, 2.24) is 15.3 Å². The molecule has 2 rings (SSSR count). The molecule has 0 spiro atoms. The van der Waals surface area contributed by atoms with Gasteiger partial charge in [0.25, 0.3) is 5.91 Å². The van der Waals surface area contributed by atoms with Crippen LogP contribution in [0.15, 0.2) is 17.6 Å². The molecule has 2 heterocycles. The maximum atomic E-state index is 13.4. The minimum absolute atomic E-state index is 0.318. The molecule has 7 heteroatoms. The van der Waals surface area contributed by atoms with Gasteiger partial charge in [0.2, 0.25) is 0 Å². The van der Waals surface area contributed by atoms with Gasteiger partial charge in [0.05, 0.1) is 16.9 Å². The first-order chi connectivity index (χ1) is 9.97. The summed E-state index contributed by atoms with van der Waals surface area (Å²) in [7, 11) is 0. The second kappa shape index (κ2) is 6.71. The van der Waals surface area contributed by atoms with E-state index in [4.69, 9.17) is 0 Å². The molecule has 21 heavy (non-hydrogen) atoms. The number of rotatable bonds is 5. The molecule has 0 aromatic carbocycles. The van der Waals surface area contributed by atoms with Gasteiger partial charge in [-0.05, 0) is 0 Å². The maximum Gasteiger partial charge on any atom is 0.272 e. The van der Waals surface area contributed by atoms with Gasteiger partial charge in [-0.2, -0.15) is 0 Å². The van der Waals surface area contributed by atoms with E-state index in [1.165, 1.54) is 0 Å². The summed E-state index contributed by atoms with van der Waals surface area (Å²) in [4.78, 5) is 19.6. The van der Waals surface area contributed by atoms with Gasteiger partial charge in [0.15, 0.2) is 11.5 Å². The molecule has 2 aromatic rings. The van der Waals surface area contributed by atoms with E-state index in [9.17, 15) is 13.6 Å². The Hall–Kier alpha value is -1.89. The summed E-state index contributed by atoms with van der Waals surface area (Å²) < 4.78 is 26.1. The van der Waals surface area contributed by atoms with Gasteiger partial charge in [-0.25, -0.2) is 18.7 Å². The smallest absolute Gasteiger partial charge is 0.272 e. The highest BCUT2D eigenvalue weighted by molar-refractivity contribution is 7.09. The summed E-state index contributed by atoms with van der Waals surface area (Å²) in [6.45, 7) is 4.44. The van der Waals surface area contributed by atoms with Crippen molar-refractivity contribution >= 4 is 17.2 Å². The number of carbonyl (C=O) groups is 1. The first-order valence-corrected chi connectivity index (χ1v) is 7.39. The lowest BCUT2D eigenvalue weighted by molar-refractivity contribution is 0.0944. The van der Waals surface area contributed by atoms with E-state index >= 15 is 0 Å². The Bertz CT molecular complexity index is 643. The van der Waals surface area contributed by atoms with E-state index in [2.05, 4.69) is 29.1 Å². The Balaban J connectivity index is 1.89. The number of nitrogens with zero attached hydrogens (tertiary/aromatic N) is 2. The molecule has 0 atom stereocenters. The standard InChI is InChI=1S/C14H15F2N3OS/c1-8(2)14-19-10(7-21-14)3-4-17-13(20)12-11(16)5-9(15)6-18-12/h5-8H,3-4H2,1-2H3,(H,17,20). The van der Waals surface area contributed by atoms with Crippen LogP contribution in [0.1, 0.15) is 41.0 Å². The lowest BCUT2D eigenvalue weighted by Gasteiger charge is -2.04. The average molecular weight is 311 g/mol. The van der Waals surface area contributed by atoms with Gasteiger partial charge in [0.1, 0.15) is 5.82 Å². The summed E-state index contributed by atoms with van der Waals surface area (Å²) in [6.07, 6.45) is 1.37. The Morgan fingerprint density at radius 1 is 1.43 bits per heavy atom. The lowest BCUT2D eigenvalue weighted by atomic mass is 10.2. The summed E-state index contributed by atoms with van der Waals surface area (Å²) in [6, 6.07) is 0.636. The predicted molar refractivity (Wildman–Crippen MR) is 76.4 cm³/mol. The molecule has 0 unspecified atom stereocenters. The largest absolute Gasteiger partial charge is 0.350 e. The Morgan fingerprint density at radius 3 is 2.81 bits per heavy atom. The summed E-state index contributed by atoms with van der Waals surface area (Å²) >= 11 is 1.58. The van der Waals surface area contributed by atoms with Crippen molar-refractivity contribution in [2.45, 2.75) is 26.2 Å². The van der Waals surface area contributed by atoms with Gasteiger partial charge in [0, 0.05) is 30.3 Å². The first kappa shape index (κ1) is 15.5. The van der Waals surface area contributed by atoms with Crippen LogP contribution in [0.5, 0.6) is 0 Å². The summed E-state index contributed by atoms with van der Waals surface area (Å²) in [5, 5.41) is 5.53. The highest BCUT2D eigenvalue weighted by Gasteiger charge is 2.14. The van der Waals surface area contributed by atoms with Gasteiger partial charge in [-0.3, -0.25) is 4.79 Å². The SMILES string of the molecule is CC(C)c1nc(CCNC(=O)c2ncc(F)cc2F)cs1. The molecule has 0 aliphatic heterocycles. The second-order valence-corrected chi connectivity index (χ2v) is 5.71. The molecule has 0 fully saturated rings. The highest BCUT2D eigenvalue weighted by Crippen LogP contribution is 2.19. The van der Waals surface area contributed by atoms with E-state index in [0.29, 0.717) is 24.9 Å². The number of hydrogen-bond donors (Lipinski definition) is 1. The van der Waals surface area contributed by atoms with Crippen LogP contribution in [0, 0.1) is 11.6 Å². The topological polar surface area (TPSA) is 54.9 Å². The zero-order valence-corrected chi connectivity index (χ0v) is 12.5. The number of halogens is 2. The van der Waals surface area contributed by atoms with Crippen molar-refractivity contribution in [2.24, 2.45) is 0 Å². The molecular formula is C14H15F2N3OS. The number of aromatic nitrogens is 2. The number of carbonyl (C=O) groups excluding carboxylic acids is 1. The second-order valence-electron chi connectivity index (χ2n) is 4.82. The van der Waals surface area contributed by atoms with Gasteiger partial charge < -0.3 is 5.32 Å². The zero-order valence-electron chi connectivity index (χ0n) is 11.7. The zero-order chi connectivity index (χ0) is 15.4. The van der Waals surface area contributed by atoms with Crippen LogP contribution in [0.4, 0.5) is 8.78 Å². The van der Waals surface area contributed by atoms with Crippen molar-refractivity contribution < 1.29 is 13.6 Å². The van der Waals surface area contributed by atoms with Crippen LogP contribution < -0.4 is 5.32 Å². The van der Waals surface area contributed by atoms with Crippen LogP contribution in [-0.2, 0) is 6.42 Å². The van der Waals surface area contributed by atoms with E-state index in [1.807, 2.05) is 5.38 Å². The minimum Gasteiger partial charge on any atom is -0.350 e. The first-order valence-electron chi connectivity index (χ1n) is 6.51. The van der Waals surface area contributed by atoms with Crippen LogP contribution in [0.2, 0.25) is 0 Å². The number of pyridine rings is 1. The molecular weight excluding hydrogens is 296 g/mol. The molecule has 1 N–H and O–H groups in total. The molecule has 0 aliphatic carbocycles. The molecule has 4 nitrogen and oxygen atoms in total. The van der Waals surface area contributed by atoms with E-state index in [0.717, 1.165) is 16.9 Å². The van der Waals surface area contributed by atoms with Crippen LogP contribution in [0.3, 0.4) is 0 Å². The minimum atomic E-state index is -0.969. The van der Waals surface area contributed by atoms with E-state index in [-0.39, 0.29) is 0 Å². The van der Waals surface area contributed by atoms with Gasteiger partial charge in [-0.15, -0.1) is 11.3 Å². The van der Waals surface area contributed by atoms with E-state index < -0.39 is 23.2 Å². The van der Waals surface area contributed by atoms with Gasteiger partial charge in [-0.1, -0.05) is 13.8 Å². The number of thiazole rings is 1. The quantitative estimate of drug-likeness (QED) is 0.923. The Morgan fingerprint density at radius 2 is 2.19 bits per heavy atom. The molecule has 0 bridgehead atoms. The molecule has 0 radical (unpaired) electrons. The average Bonchev–Trinajstić information content (AvgIpc) is 2.87. The molecule has 0 aliphatic rings. The predicted octanol–water partition coefficient (Wildman–Crippen LogP) is 2.91. The molecule has 0 saturated heterocycles. The third-order valence-electron chi connectivity index (χ3n) is 2.75. The fourth-order valence-electron chi connectivity index (χ4n) is 1.67. The monoisotopic (exact) mass is 311 g/mol. The van der Waals surface area contributed by atoms with Crippen LogP contribution >= 0.6 is 11.3 Å². The van der Waals surface area contributed by atoms with Crippen molar-refractivity contribution in [3.63, 3.8) is 0 Å². The number of hydrogen-bond acceptors (Lipinski definition) is 4. The molecule has 1 amide bonds. The van der Waals surface area contributed by atoms with Crippen molar-refractivity contribution in [1.29, 1.82) is 0 Å². The lowest BCUT2D eigenvalue weighted by Crippen LogP contribution is -2.27. The normalized spacial score (nSPS) is 10.9. The van der Waals surface area contributed by atoms with Crippen LogP contribution in [0.25, 0.3) is 0 Å². The third-order valence-corrected chi connectivity index (χ3v) is 3.95. The highest BCUT2D eigenvalue weighted by atomic mass is 32.1. The molecule has 0 saturated carbocycles. The van der Waals surface area contributed by atoms with Crippen molar-refractivity contribution in [3.8, 4) is 0 Å². The molecule has 112 valence electrons. The van der Waals surface area contributed by atoms with E-state index in [1.54, 1.807) is 11.3 Å². The number of amides is 1. The Kier molecular flexibility index (Phi) is 4.95. The van der Waals surface area contributed by atoms with Crippen molar-refractivity contribution in [3.05, 3.63) is 45.7 Å². The summed E-state index contributed by atoms with van der Waals surface area (Å²) in [5.41, 5.74) is 0.481. The Labute approximate surface area is 125 Å². The van der Waals surface area contributed by atoms with Crippen LogP contribution in [-0.4, -0.2) is 22.4 Å². The molecule has 2 aromatic heterocycles. The maximum absolute atomic E-state index is 13.4. The number of nitrogens with one attached hydrogen (secondary N) is 1. The third kappa shape index (κ3) is 4.04. The van der Waals surface area contributed by atoms with Crippen molar-refractivity contribution in [2.75, 3.05) is 6.54 Å². The fraction of sp³-hybridized carbons (Fsp3) is 0.357. The fourth-order valence-corrected chi connectivity index (χ4v) is 2.54. The summed E-state index contributed by atoms with van der Waals surface area (Å²) in [5.74, 6) is -2.07. The van der Waals surface area contributed by atoms with Gasteiger partial charge >= 0.3 is 0 Å².